The monoisotopic (exact) mass is 580 g/mol. The van der Waals surface area contributed by atoms with Gasteiger partial charge in [-0.15, -0.1) is 0 Å². The molecule has 8 nitrogen and oxygen atoms in total. The molecule has 0 unspecified atom stereocenters. The van der Waals surface area contributed by atoms with E-state index in [0.29, 0.717) is 34.0 Å². The molecule has 10 heteroatoms. The molecule has 0 spiro atoms. The van der Waals surface area contributed by atoms with Crippen LogP contribution in [0.1, 0.15) is 60.8 Å². The molecule has 208 valence electrons. The highest BCUT2D eigenvalue weighted by Crippen LogP contribution is 2.44. The van der Waals surface area contributed by atoms with Crippen molar-refractivity contribution in [1.29, 1.82) is 10.5 Å². The predicted octanol–water partition coefficient (Wildman–Crippen LogP) is 4.79. The smallest absolute Gasteiger partial charge is 0.227 e. The molecule has 40 heavy (non-hydrogen) atoms. The maximum Gasteiger partial charge on any atom is 0.227 e. The summed E-state index contributed by atoms with van der Waals surface area (Å²) < 4.78 is 0. The zero-order valence-electron chi connectivity index (χ0n) is 22.3. The van der Waals surface area contributed by atoms with E-state index in [-0.39, 0.29) is 47.9 Å². The van der Waals surface area contributed by atoms with E-state index >= 15 is 0 Å². The summed E-state index contributed by atoms with van der Waals surface area (Å²) in [6.45, 7) is 3.65. The summed E-state index contributed by atoms with van der Waals surface area (Å²) in [6, 6.07) is 11.1. The summed E-state index contributed by atoms with van der Waals surface area (Å²) in [5.41, 5.74) is 3.87. The molecule has 2 N–H and O–H groups in total. The molecule has 6 rings (SSSR count). The number of rotatable bonds is 2. The lowest BCUT2D eigenvalue weighted by molar-refractivity contribution is -0.118. The number of aliphatic hydroxyl groups is 2. The highest BCUT2D eigenvalue weighted by atomic mass is 35.5. The van der Waals surface area contributed by atoms with E-state index in [1.54, 1.807) is 34.1 Å². The lowest BCUT2D eigenvalue weighted by atomic mass is 10.0. The van der Waals surface area contributed by atoms with Crippen LogP contribution in [0, 0.1) is 48.3 Å². The Morgan fingerprint density at radius 3 is 1.45 bits per heavy atom. The van der Waals surface area contributed by atoms with Gasteiger partial charge in [-0.05, 0) is 74.9 Å². The van der Waals surface area contributed by atoms with Gasteiger partial charge in [-0.25, -0.2) is 0 Å². The Morgan fingerprint density at radius 2 is 1.10 bits per heavy atom. The van der Waals surface area contributed by atoms with Gasteiger partial charge in [-0.1, -0.05) is 23.2 Å². The first kappa shape index (κ1) is 28.4. The minimum absolute atomic E-state index is 0.0244. The van der Waals surface area contributed by atoms with Crippen LogP contribution < -0.4 is 9.80 Å². The van der Waals surface area contributed by atoms with Crippen molar-refractivity contribution in [2.75, 3.05) is 9.80 Å². The minimum atomic E-state index is -0.386. The van der Waals surface area contributed by atoms with E-state index in [9.17, 15) is 19.8 Å². The molecule has 4 fully saturated rings. The highest BCUT2D eigenvalue weighted by Gasteiger charge is 2.49. The average Bonchev–Trinajstić information content (AvgIpc) is 3.66. The maximum atomic E-state index is 12.3. The Kier molecular flexibility index (Phi) is 7.83. The molecule has 0 radical (unpaired) electrons. The molecule has 2 heterocycles. The fourth-order valence-corrected chi connectivity index (χ4v) is 7.28. The molecular weight excluding hydrogens is 551 g/mol. The van der Waals surface area contributed by atoms with Crippen LogP contribution in [-0.2, 0) is 9.59 Å². The number of nitriles is 2. The van der Waals surface area contributed by atoms with E-state index in [1.165, 1.54) is 0 Å². The van der Waals surface area contributed by atoms with E-state index in [1.807, 2.05) is 26.0 Å². The summed E-state index contributed by atoms with van der Waals surface area (Å²) in [7, 11) is 0. The number of nitrogens with zero attached hydrogens (tertiary/aromatic N) is 4. The third-order valence-corrected chi connectivity index (χ3v) is 9.96. The number of carbonyl (C=O) groups excluding carboxylic acids is 2. The molecule has 2 aliphatic carbocycles. The van der Waals surface area contributed by atoms with Crippen LogP contribution in [0.25, 0.3) is 0 Å². The van der Waals surface area contributed by atoms with Crippen LogP contribution in [0.5, 0.6) is 0 Å². The fourth-order valence-electron chi connectivity index (χ4n) is 6.88. The van der Waals surface area contributed by atoms with E-state index in [2.05, 4.69) is 0 Å². The van der Waals surface area contributed by atoms with Gasteiger partial charge in [0.15, 0.2) is 0 Å². The quantitative estimate of drug-likeness (QED) is 0.525. The Balaban J connectivity index is 0.000000161. The lowest BCUT2D eigenvalue weighted by Gasteiger charge is -2.26. The van der Waals surface area contributed by atoms with Crippen LogP contribution in [-0.4, -0.2) is 46.3 Å². The Morgan fingerprint density at radius 1 is 0.725 bits per heavy atom. The van der Waals surface area contributed by atoms with Crippen LogP contribution in [0.2, 0.25) is 10.0 Å². The van der Waals surface area contributed by atoms with Crippen molar-refractivity contribution < 1.29 is 19.8 Å². The Labute approximate surface area is 243 Å². The largest absolute Gasteiger partial charge is 0.393 e. The first-order chi connectivity index (χ1) is 19.1. The number of carbonyl (C=O) groups is 2. The average molecular weight is 582 g/mol. The van der Waals surface area contributed by atoms with Crippen molar-refractivity contribution in [3.05, 3.63) is 56.6 Å². The lowest BCUT2D eigenvalue weighted by Crippen LogP contribution is -2.34. The van der Waals surface area contributed by atoms with Gasteiger partial charge in [-0.2, -0.15) is 10.5 Å². The van der Waals surface area contributed by atoms with Gasteiger partial charge < -0.3 is 20.0 Å². The Hall–Kier alpha value is -3.14. The molecule has 0 bridgehead atoms. The van der Waals surface area contributed by atoms with Crippen LogP contribution in [0.15, 0.2) is 24.3 Å². The van der Waals surface area contributed by atoms with Crippen molar-refractivity contribution in [1.82, 2.24) is 0 Å². The highest BCUT2D eigenvalue weighted by molar-refractivity contribution is 6.33. The molecule has 4 aliphatic rings. The summed E-state index contributed by atoms with van der Waals surface area (Å²) >= 11 is 12.4. The summed E-state index contributed by atoms with van der Waals surface area (Å²) in [5, 5.41) is 38.7. The minimum Gasteiger partial charge on any atom is -0.393 e. The fraction of sp³-hybridized carbons (Fsp3) is 0.467. The van der Waals surface area contributed by atoms with Gasteiger partial charge >= 0.3 is 0 Å². The van der Waals surface area contributed by atoms with Gasteiger partial charge in [0, 0.05) is 48.1 Å². The van der Waals surface area contributed by atoms with Gasteiger partial charge in [0.2, 0.25) is 11.8 Å². The number of benzene rings is 2. The predicted molar refractivity (Wildman–Crippen MR) is 151 cm³/mol. The molecule has 2 saturated heterocycles. The first-order valence-corrected chi connectivity index (χ1v) is 14.2. The molecular formula is C30H30Cl2N4O4. The second-order valence-corrected chi connectivity index (χ2v) is 11.8. The van der Waals surface area contributed by atoms with Crippen LogP contribution >= 0.6 is 23.2 Å². The normalized spacial score (nSPS) is 28.6. The number of fused-ring (bicyclic) bond motifs is 2. The summed E-state index contributed by atoms with van der Waals surface area (Å²) in [4.78, 5) is 28.1. The first-order valence-electron chi connectivity index (χ1n) is 13.5. The summed E-state index contributed by atoms with van der Waals surface area (Å²) in [6.07, 6.45) is 3.12. The van der Waals surface area contributed by atoms with E-state index in [4.69, 9.17) is 33.7 Å². The van der Waals surface area contributed by atoms with E-state index < -0.39 is 0 Å². The second kappa shape index (κ2) is 11.0. The third kappa shape index (κ3) is 4.63. The number of halogens is 2. The molecule has 2 aromatic rings. The number of hydrogen-bond donors (Lipinski definition) is 2. The van der Waals surface area contributed by atoms with E-state index in [0.717, 1.165) is 48.2 Å². The van der Waals surface area contributed by atoms with Crippen LogP contribution in [0.3, 0.4) is 0 Å². The van der Waals surface area contributed by atoms with Gasteiger partial charge in [-0.3, -0.25) is 9.59 Å². The van der Waals surface area contributed by atoms with Crippen molar-refractivity contribution >= 4 is 46.4 Å². The number of hydrogen-bond acceptors (Lipinski definition) is 6. The van der Waals surface area contributed by atoms with Crippen molar-refractivity contribution in [3.63, 3.8) is 0 Å². The van der Waals surface area contributed by atoms with Crippen molar-refractivity contribution in [2.45, 2.75) is 76.7 Å². The van der Waals surface area contributed by atoms with Crippen LogP contribution in [0.4, 0.5) is 11.4 Å². The van der Waals surface area contributed by atoms with Gasteiger partial charge in [0.1, 0.15) is 12.1 Å². The topological polar surface area (TPSA) is 129 Å². The number of aliphatic hydroxyl groups excluding tert-OH is 2. The molecule has 2 amide bonds. The SMILES string of the molecule is Cc1c(N2C(=O)C[C@@H]3[C@H](O)CC[C@@H]32)ccc(C#N)c1Cl.Cc1c(N2C(=O)C[C@@H]3[C@H]2CC[C@@H]3O)ccc(C#N)c1Cl. The zero-order chi connectivity index (χ0) is 28.9. The van der Waals surface area contributed by atoms with Gasteiger partial charge in [0.25, 0.3) is 0 Å². The van der Waals surface area contributed by atoms with Crippen molar-refractivity contribution in [3.8, 4) is 12.1 Å². The van der Waals surface area contributed by atoms with Gasteiger partial charge in [0.05, 0.1) is 33.4 Å². The molecule has 2 aliphatic heterocycles. The number of anilines is 2. The third-order valence-electron chi connectivity index (χ3n) is 8.99. The molecule has 2 aromatic carbocycles. The molecule has 2 saturated carbocycles. The Bertz CT molecular complexity index is 1360. The molecule has 0 aromatic heterocycles. The van der Waals surface area contributed by atoms with Crippen molar-refractivity contribution in [2.24, 2.45) is 11.8 Å². The maximum absolute atomic E-state index is 12.3. The number of amides is 2. The second-order valence-electron chi connectivity index (χ2n) is 11.1. The zero-order valence-corrected chi connectivity index (χ0v) is 23.8. The standard InChI is InChI=1S/2C15H15ClN2O2/c2*1-8-11(3-2-9(7-17)15(8)16)18-12-4-5-13(19)10(12)6-14(18)20/h2*2-3,10,12-13,19H,4-6H2,1H3/t2*10-,12-,13+/m10/s1. The summed E-state index contributed by atoms with van der Waals surface area (Å²) in [5.74, 6) is 0.109. The molecule has 6 atom stereocenters.